The number of amidine groups is 1. The lowest BCUT2D eigenvalue weighted by atomic mass is 9.95. The average Bonchev–Trinajstić information content (AvgIpc) is 3.62. The smallest absolute Gasteiger partial charge is 0.406 e. The number of carbonyl (C=O) groups excluding carboxylic acids is 2. The molecule has 240 valence electrons. The average molecular weight is 651 g/mol. The molecule has 0 aliphatic carbocycles. The summed E-state index contributed by atoms with van der Waals surface area (Å²) in [5.74, 6) is 0.473. The standard InChI is InChI=1S/C33H33F3N6O3S/c1-20(2)29-21(3)6-5-7-27(29)42-28(43)18-46-32(42)39-31(44)38-22(4)8-9-23-10-12-24(13-11-23)30-37-19-41(40-30)25-14-16-26(17-15-25)45-33(34,35)36/h5-7,10-17,19-20,22H,8-9,18H2,1-4H3,(H,38,44). The van der Waals surface area contributed by atoms with E-state index in [9.17, 15) is 22.8 Å². The Bertz CT molecular complexity index is 1740. The molecule has 0 radical (unpaired) electrons. The number of nitrogens with one attached hydrogen (secondary N) is 1. The van der Waals surface area contributed by atoms with Crippen LogP contribution >= 0.6 is 11.8 Å². The second kappa shape index (κ2) is 13.8. The summed E-state index contributed by atoms with van der Waals surface area (Å²) in [6.07, 6.45) is -1.90. The van der Waals surface area contributed by atoms with Gasteiger partial charge in [-0.2, -0.15) is 4.99 Å². The fourth-order valence-electron chi connectivity index (χ4n) is 5.22. The molecule has 4 aromatic rings. The minimum atomic E-state index is -4.76. The highest BCUT2D eigenvalue weighted by atomic mass is 32.2. The first-order valence-electron chi connectivity index (χ1n) is 14.7. The molecule has 1 aliphatic rings. The molecule has 1 aromatic heterocycles. The monoisotopic (exact) mass is 650 g/mol. The van der Waals surface area contributed by atoms with E-state index in [1.807, 2.05) is 56.3 Å². The summed E-state index contributed by atoms with van der Waals surface area (Å²) in [5, 5.41) is 7.73. The Morgan fingerprint density at radius 1 is 1.07 bits per heavy atom. The first-order valence-corrected chi connectivity index (χ1v) is 15.7. The highest BCUT2D eigenvalue weighted by molar-refractivity contribution is 8.15. The molecule has 9 nitrogen and oxygen atoms in total. The molecule has 1 atom stereocenters. The van der Waals surface area contributed by atoms with Gasteiger partial charge >= 0.3 is 12.4 Å². The summed E-state index contributed by atoms with van der Waals surface area (Å²) in [6.45, 7) is 8.08. The van der Waals surface area contributed by atoms with Crippen LogP contribution in [0.25, 0.3) is 17.1 Å². The van der Waals surface area contributed by atoms with Crippen molar-refractivity contribution in [2.24, 2.45) is 4.99 Å². The predicted molar refractivity (Wildman–Crippen MR) is 172 cm³/mol. The van der Waals surface area contributed by atoms with Crippen molar-refractivity contribution in [2.45, 2.75) is 58.9 Å². The van der Waals surface area contributed by atoms with Gasteiger partial charge in [0.25, 0.3) is 0 Å². The Morgan fingerprint density at radius 3 is 2.46 bits per heavy atom. The Morgan fingerprint density at radius 2 is 1.78 bits per heavy atom. The van der Waals surface area contributed by atoms with E-state index in [0.29, 0.717) is 29.5 Å². The van der Waals surface area contributed by atoms with E-state index in [1.165, 1.54) is 47.0 Å². The summed E-state index contributed by atoms with van der Waals surface area (Å²) >= 11 is 1.26. The lowest BCUT2D eigenvalue weighted by molar-refractivity contribution is -0.274. The van der Waals surface area contributed by atoms with Crippen molar-refractivity contribution in [1.29, 1.82) is 0 Å². The number of thioether (sulfide) groups is 1. The van der Waals surface area contributed by atoms with Gasteiger partial charge in [0.15, 0.2) is 11.0 Å². The number of anilines is 1. The quantitative estimate of drug-likeness (QED) is 0.202. The third kappa shape index (κ3) is 7.94. The molecule has 0 bridgehead atoms. The number of halogens is 3. The zero-order valence-electron chi connectivity index (χ0n) is 25.7. The third-order valence-electron chi connectivity index (χ3n) is 7.36. The Hall–Kier alpha value is -4.65. The van der Waals surface area contributed by atoms with Crippen LogP contribution in [0.3, 0.4) is 0 Å². The van der Waals surface area contributed by atoms with Crippen molar-refractivity contribution in [1.82, 2.24) is 20.1 Å². The molecule has 1 aliphatic heterocycles. The second-order valence-corrected chi connectivity index (χ2v) is 12.2. The van der Waals surface area contributed by atoms with Crippen molar-refractivity contribution in [3.05, 3.63) is 89.7 Å². The number of aryl methyl sites for hydroxylation is 2. The summed E-state index contributed by atoms with van der Waals surface area (Å²) in [6, 6.07) is 18.2. The number of amides is 3. The number of aromatic nitrogens is 3. The number of alkyl halides is 3. The first kappa shape index (κ1) is 32.7. The van der Waals surface area contributed by atoms with Gasteiger partial charge < -0.3 is 10.1 Å². The molecule has 0 spiro atoms. The van der Waals surface area contributed by atoms with E-state index < -0.39 is 12.4 Å². The summed E-state index contributed by atoms with van der Waals surface area (Å²) in [4.78, 5) is 35.8. The Balaban J connectivity index is 1.16. The van der Waals surface area contributed by atoms with Crippen LogP contribution in [0, 0.1) is 6.92 Å². The van der Waals surface area contributed by atoms with Gasteiger partial charge in [-0.15, -0.1) is 18.3 Å². The highest BCUT2D eigenvalue weighted by Gasteiger charge is 2.33. The van der Waals surface area contributed by atoms with E-state index in [4.69, 9.17) is 0 Å². The molecule has 0 saturated carbocycles. The first-order chi connectivity index (χ1) is 21.9. The van der Waals surface area contributed by atoms with E-state index in [1.54, 1.807) is 4.90 Å². The minimum absolute atomic E-state index is 0.101. The van der Waals surface area contributed by atoms with Gasteiger partial charge in [0, 0.05) is 11.6 Å². The second-order valence-electron chi connectivity index (χ2n) is 11.2. The van der Waals surface area contributed by atoms with Crippen LogP contribution in [-0.2, 0) is 11.2 Å². The third-order valence-corrected chi connectivity index (χ3v) is 8.28. The number of ether oxygens (including phenoxy) is 1. The topological polar surface area (TPSA) is 102 Å². The molecule has 46 heavy (non-hydrogen) atoms. The normalized spacial score (nSPS) is 15.1. The maximum atomic E-state index is 12.9. The van der Waals surface area contributed by atoms with Gasteiger partial charge in [0.2, 0.25) is 5.91 Å². The molecule has 1 N–H and O–H groups in total. The number of aliphatic imine (C=N–C) groups is 1. The number of hydrogen-bond acceptors (Lipinski definition) is 6. The van der Waals surface area contributed by atoms with Crippen molar-refractivity contribution < 1.29 is 27.5 Å². The van der Waals surface area contributed by atoms with Crippen molar-refractivity contribution >= 4 is 34.6 Å². The lowest BCUT2D eigenvalue weighted by Crippen LogP contribution is -2.34. The SMILES string of the molecule is Cc1cccc(N2C(=O)CSC2=NC(=O)NC(C)CCc2ccc(-c3ncn(-c4ccc(OC(F)(F)F)cc4)n3)cc2)c1C(C)C. The van der Waals surface area contributed by atoms with Gasteiger partial charge in [-0.1, -0.05) is 62.0 Å². The van der Waals surface area contributed by atoms with E-state index in [2.05, 4.69) is 39.0 Å². The number of carbonyl (C=O) groups is 2. The maximum absolute atomic E-state index is 12.9. The molecule has 5 rings (SSSR count). The molecule has 2 heterocycles. The van der Waals surface area contributed by atoms with Crippen LogP contribution in [0.5, 0.6) is 5.75 Å². The van der Waals surface area contributed by atoms with Crippen molar-refractivity contribution in [2.75, 3.05) is 10.7 Å². The van der Waals surface area contributed by atoms with Crippen LogP contribution in [0.4, 0.5) is 23.7 Å². The Labute approximate surface area is 268 Å². The number of hydrogen-bond donors (Lipinski definition) is 1. The molecule has 3 aromatic carbocycles. The van der Waals surface area contributed by atoms with Crippen LogP contribution in [0.2, 0.25) is 0 Å². The summed E-state index contributed by atoms with van der Waals surface area (Å²) < 4.78 is 42.6. The van der Waals surface area contributed by atoms with E-state index in [0.717, 1.165) is 27.9 Å². The Kier molecular flexibility index (Phi) is 9.80. The molecule has 1 unspecified atom stereocenters. The molecule has 13 heteroatoms. The van der Waals surface area contributed by atoms with Gasteiger partial charge in [-0.3, -0.25) is 9.69 Å². The van der Waals surface area contributed by atoms with Crippen LogP contribution in [0.1, 0.15) is 49.8 Å². The number of rotatable bonds is 9. The maximum Gasteiger partial charge on any atom is 0.573 e. The molecule has 1 saturated heterocycles. The number of benzene rings is 3. The van der Waals surface area contributed by atoms with Crippen LogP contribution in [-0.4, -0.2) is 50.0 Å². The fourth-order valence-corrected chi connectivity index (χ4v) is 6.08. The molecule has 3 amide bonds. The summed E-state index contributed by atoms with van der Waals surface area (Å²) in [7, 11) is 0. The van der Waals surface area contributed by atoms with Crippen molar-refractivity contribution in [3.63, 3.8) is 0 Å². The van der Waals surface area contributed by atoms with Crippen LogP contribution < -0.4 is 15.0 Å². The number of nitrogens with zero attached hydrogens (tertiary/aromatic N) is 5. The van der Waals surface area contributed by atoms with E-state index >= 15 is 0 Å². The van der Waals surface area contributed by atoms with Gasteiger partial charge in [-0.05, 0) is 79.6 Å². The van der Waals surface area contributed by atoms with Crippen molar-refractivity contribution in [3.8, 4) is 22.8 Å². The predicted octanol–water partition coefficient (Wildman–Crippen LogP) is 7.43. The highest BCUT2D eigenvalue weighted by Crippen LogP contribution is 2.35. The van der Waals surface area contributed by atoms with Crippen LogP contribution in [0.15, 0.2) is 78.0 Å². The van der Waals surface area contributed by atoms with Gasteiger partial charge in [0.1, 0.15) is 12.1 Å². The largest absolute Gasteiger partial charge is 0.573 e. The van der Waals surface area contributed by atoms with Gasteiger partial charge in [0.05, 0.1) is 17.1 Å². The molecule has 1 fully saturated rings. The zero-order valence-corrected chi connectivity index (χ0v) is 26.5. The summed E-state index contributed by atoms with van der Waals surface area (Å²) in [5.41, 5.74) is 5.28. The zero-order chi connectivity index (χ0) is 33.0. The minimum Gasteiger partial charge on any atom is -0.406 e. The molecular weight excluding hydrogens is 617 g/mol. The molecular formula is C33H33F3N6O3S. The number of urea groups is 1. The fraction of sp³-hybridized carbons (Fsp3) is 0.303. The lowest BCUT2D eigenvalue weighted by Gasteiger charge is -2.23. The van der Waals surface area contributed by atoms with Gasteiger partial charge in [-0.25, -0.2) is 14.5 Å². The van der Waals surface area contributed by atoms with E-state index in [-0.39, 0.29) is 29.4 Å².